The molecule has 2 N–H and O–H groups in total. The van der Waals surface area contributed by atoms with Crippen LogP contribution >= 0.6 is 0 Å². The lowest BCUT2D eigenvalue weighted by molar-refractivity contribution is 0.404. The second-order valence-corrected chi connectivity index (χ2v) is 6.43. The lowest BCUT2D eigenvalue weighted by atomic mass is 10.0. The number of rotatable bonds is 4. The van der Waals surface area contributed by atoms with Crippen LogP contribution in [0.4, 0.5) is 0 Å². The molecule has 20 heavy (non-hydrogen) atoms. The zero-order chi connectivity index (χ0) is 14.8. The topological polar surface area (TPSA) is 82.3 Å². The molecule has 6 heteroatoms. The zero-order valence-corrected chi connectivity index (χ0v) is 12.1. The Hall–Kier alpha value is -1.92. The van der Waals surface area contributed by atoms with E-state index in [1.54, 1.807) is 49.7 Å². The molecule has 1 aromatic carbocycles. The Bertz CT molecular complexity index is 697. The summed E-state index contributed by atoms with van der Waals surface area (Å²) in [7, 11) is -1.65. The quantitative estimate of drug-likeness (QED) is 0.924. The molecule has 106 valence electrons. The fourth-order valence-electron chi connectivity index (χ4n) is 1.89. The minimum absolute atomic E-state index is 0.265. The van der Waals surface area contributed by atoms with Crippen molar-refractivity contribution in [1.29, 1.82) is 0 Å². The molecule has 0 fully saturated rings. The summed E-state index contributed by atoms with van der Waals surface area (Å²) < 4.78 is 28.1. The Morgan fingerprint density at radius 3 is 2.40 bits per heavy atom. The Kier molecular flexibility index (Phi) is 4.06. The van der Waals surface area contributed by atoms with Gasteiger partial charge in [0.1, 0.15) is 11.4 Å². The Morgan fingerprint density at radius 1 is 1.20 bits per heavy atom. The van der Waals surface area contributed by atoms with Crippen LogP contribution in [0.1, 0.15) is 17.3 Å². The number of hydrogen-bond donors (Lipinski definition) is 1. The molecule has 0 bridgehead atoms. The Labute approximate surface area is 118 Å². The van der Waals surface area contributed by atoms with E-state index in [1.165, 1.54) is 6.26 Å². The summed E-state index contributed by atoms with van der Waals surface area (Å²) in [6.45, 7) is 0. The van der Waals surface area contributed by atoms with Crippen LogP contribution in [0.25, 0.3) is 0 Å². The van der Waals surface area contributed by atoms with Crippen molar-refractivity contribution in [3.05, 3.63) is 53.9 Å². The van der Waals surface area contributed by atoms with E-state index in [9.17, 15) is 8.42 Å². The summed E-state index contributed by atoms with van der Waals surface area (Å²) in [6.07, 6.45) is 2.81. The maximum absolute atomic E-state index is 11.4. The van der Waals surface area contributed by atoms with Gasteiger partial charge in [0.2, 0.25) is 0 Å². The number of methoxy groups -OCH3 is 1. The van der Waals surface area contributed by atoms with Crippen molar-refractivity contribution in [2.75, 3.05) is 13.4 Å². The molecular formula is C14H16N2O3S. The fourth-order valence-corrected chi connectivity index (χ4v) is 2.52. The van der Waals surface area contributed by atoms with Crippen molar-refractivity contribution in [2.24, 2.45) is 5.73 Å². The minimum Gasteiger partial charge on any atom is -0.495 e. The molecule has 0 amide bonds. The third kappa shape index (κ3) is 2.97. The standard InChI is InChI=1S/C14H16N2O3S/c1-19-12-4-3-9-16-14(12)13(15)10-5-7-11(8-6-10)20(2,17)18/h3-9,13H,15H2,1-2H3. The van der Waals surface area contributed by atoms with Gasteiger partial charge >= 0.3 is 0 Å². The molecule has 1 aromatic heterocycles. The summed E-state index contributed by atoms with van der Waals surface area (Å²) in [5, 5.41) is 0. The van der Waals surface area contributed by atoms with E-state index in [4.69, 9.17) is 10.5 Å². The van der Waals surface area contributed by atoms with Crippen LogP contribution in [0.15, 0.2) is 47.5 Å². The van der Waals surface area contributed by atoms with Crippen molar-refractivity contribution in [3.63, 3.8) is 0 Å². The van der Waals surface area contributed by atoms with Crippen LogP contribution in [0.5, 0.6) is 5.75 Å². The van der Waals surface area contributed by atoms with E-state index in [0.29, 0.717) is 11.4 Å². The molecule has 0 radical (unpaired) electrons. The first kappa shape index (κ1) is 14.5. The van der Waals surface area contributed by atoms with Gasteiger partial charge in [0.15, 0.2) is 9.84 Å². The van der Waals surface area contributed by atoms with Crippen LogP contribution in [0, 0.1) is 0 Å². The summed E-state index contributed by atoms with van der Waals surface area (Å²) >= 11 is 0. The molecule has 0 aliphatic heterocycles. The highest BCUT2D eigenvalue weighted by atomic mass is 32.2. The van der Waals surface area contributed by atoms with Gasteiger partial charge in [-0.05, 0) is 29.8 Å². The van der Waals surface area contributed by atoms with Crippen LogP contribution in [-0.2, 0) is 9.84 Å². The zero-order valence-electron chi connectivity index (χ0n) is 11.3. The number of sulfone groups is 1. The normalized spacial score (nSPS) is 12.9. The van der Waals surface area contributed by atoms with Gasteiger partial charge in [0.05, 0.1) is 18.0 Å². The van der Waals surface area contributed by atoms with Gasteiger partial charge in [-0.15, -0.1) is 0 Å². The lowest BCUT2D eigenvalue weighted by Gasteiger charge is -2.15. The number of pyridine rings is 1. The van der Waals surface area contributed by atoms with Crippen LogP contribution in [-0.4, -0.2) is 26.8 Å². The summed E-state index contributed by atoms with van der Waals surface area (Å²) in [5.41, 5.74) is 7.55. The van der Waals surface area contributed by atoms with Crippen molar-refractivity contribution in [3.8, 4) is 5.75 Å². The van der Waals surface area contributed by atoms with Gasteiger partial charge in [0, 0.05) is 12.5 Å². The third-order valence-corrected chi connectivity index (χ3v) is 4.11. The number of ether oxygens (including phenoxy) is 1. The first-order valence-electron chi connectivity index (χ1n) is 5.98. The predicted octanol–water partition coefficient (Wildman–Crippen LogP) is 1.54. The Morgan fingerprint density at radius 2 is 1.85 bits per heavy atom. The van der Waals surface area contributed by atoms with Gasteiger partial charge in [-0.25, -0.2) is 8.42 Å². The van der Waals surface area contributed by atoms with Gasteiger partial charge in [-0.1, -0.05) is 12.1 Å². The highest BCUT2D eigenvalue weighted by Gasteiger charge is 2.16. The smallest absolute Gasteiger partial charge is 0.175 e. The molecule has 2 aromatic rings. The van der Waals surface area contributed by atoms with Crippen molar-refractivity contribution in [1.82, 2.24) is 4.98 Å². The number of aromatic nitrogens is 1. The van der Waals surface area contributed by atoms with E-state index in [0.717, 1.165) is 5.56 Å². The average molecular weight is 292 g/mol. The SMILES string of the molecule is COc1cccnc1C(N)c1ccc(S(C)(=O)=O)cc1. The first-order valence-corrected chi connectivity index (χ1v) is 7.87. The number of nitrogens with zero attached hydrogens (tertiary/aromatic N) is 1. The second-order valence-electron chi connectivity index (χ2n) is 4.41. The van der Waals surface area contributed by atoms with Gasteiger partial charge < -0.3 is 10.5 Å². The Balaban J connectivity index is 2.36. The molecule has 5 nitrogen and oxygen atoms in total. The van der Waals surface area contributed by atoms with Gasteiger partial charge in [-0.2, -0.15) is 0 Å². The van der Waals surface area contributed by atoms with Crippen molar-refractivity contribution >= 4 is 9.84 Å². The van der Waals surface area contributed by atoms with Crippen molar-refractivity contribution < 1.29 is 13.2 Å². The number of hydrogen-bond acceptors (Lipinski definition) is 5. The van der Waals surface area contributed by atoms with E-state index in [2.05, 4.69) is 4.98 Å². The number of benzene rings is 1. The van der Waals surface area contributed by atoms with Crippen molar-refractivity contribution in [2.45, 2.75) is 10.9 Å². The monoisotopic (exact) mass is 292 g/mol. The highest BCUT2D eigenvalue weighted by molar-refractivity contribution is 7.90. The number of nitrogens with two attached hydrogens (primary N) is 1. The largest absolute Gasteiger partial charge is 0.495 e. The molecule has 0 saturated heterocycles. The summed E-state index contributed by atoms with van der Waals surface area (Å²) in [5.74, 6) is 0.604. The van der Waals surface area contributed by atoms with Crippen LogP contribution in [0.3, 0.4) is 0 Å². The first-order chi connectivity index (χ1) is 9.43. The molecule has 0 spiro atoms. The third-order valence-electron chi connectivity index (χ3n) is 2.98. The van der Waals surface area contributed by atoms with E-state index in [-0.39, 0.29) is 4.90 Å². The molecule has 0 aliphatic carbocycles. The summed E-state index contributed by atoms with van der Waals surface area (Å²) in [4.78, 5) is 4.49. The second kappa shape index (κ2) is 5.60. The van der Waals surface area contributed by atoms with Gasteiger partial charge in [-0.3, -0.25) is 4.98 Å². The molecule has 1 unspecified atom stereocenters. The van der Waals surface area contributed by atoms with Crippen LogP contribution < -0.4 is 10.5 Å². The summed E-state index contributed by atoms with van der Waals surface area (Å²) in [6, 6.07) is 9.54. The molecule has 0 saturated carbocycles. The van der Waals surface area contributed by atoms with E-state index >= 15 is 0 Å². The minimum atomic E-state index is -3.20. The molecule has 2 rings (SSSR count). The maximum Gasteiger partial charge on any atom is 0.175 e. The lowest BCUT2D eigenvalue weighted by Crippen LogP contribution is -2.14. The predicted molar refractivity (Wildman–Crippen MR) is 76.4 cm³/mol. The maximum atomic E-state index is 11.4. The van der Waals surface area contributed by atoms with E-state index in [1.807, 2.05) is 0 Å². The molecule has 1 atom stereocenters. The average Bonchev–Trinajstić information content (AvgIpc) is 2.45. The molecule has 0 aliphatic rings. The fraction of sp³-hybridized carbons (Fsp3) is 0.214. The molecular weight excluding hydrogens is 276 g/mol. The van der Waals surface area contributed by atoms with E-state index < -0.39 is 15.9 Å². The van der Waals surface area contributed by atoms with Crippen LogP contribution in [0.2, 0.25) is 0 Å². The highest BCUT2D eigenvalue weighted by Crippen LogP contribution is 2.26. The van der Waals surface area contributed by atoms with Gasteiger partial charge in [0.25, 0.3) is 0 Å². The molecule has 1 heterocycles.